The third-order valence-corrected chi connectivity index (χ3v) is 8.72. The minimum Gasteiger partial charge on any atom is -0.465 e. The lowest BCUT2D eigenvalue weighted by Gasteiger charge is -2.31. The van der Waals surface area contributed by atoms with Gasteiger partial charge in [0, 0.05) is 56.6 Å². The molecule has 3 aromatic heterocycles. The lowest BCUT2D eigenvalue weighted by Crippen LogP contribution is -2.48. The van der Waals surface area contributed by atoms with Gasteiger partial charge in [-0.15, -0.1) is 0 Å². The quantitative estimate of drug-likeness (QED) is 0.233. The van der Waals surface area contributed by atoms with Crippen LogP contribution in [0.4, 0.5) is 9.18 Å². The molecule has 10 nitrogen and oxygen atoms in total. The van der Waals surface area contributed by atoms with Crippen LogP contribution < -0.4 is 5.32 Å². The molecule has 1 atom stereocenters. The van der Waals surface area contributed by atoms with E-state index in [9.17, 15) is 14.0 Å². The van der Waals surface area contributed by atoms with E-state index in [1.165, 1.54) is 23.3 Å². The van der Waals surface area contributed by atoms with Gasteiger partial charge in [0.2, 0.25) is 0 Å². The summed E-state index contributed by atoms with van der Waals surface area (Å²) in [6.45, 7) is 1.14. The maximum absolute atomic E-state index is 13.5. The largest absolute Gasteiger partial charge is 0.465 e. The number of hydrogen-bond acceptors (Lipinski definition) is 4. The predicted octanol–water partition coefficient (Wildman–Crippen LogP) is 5.12. The first-order valence-electron chi connectivity index (χ1n) is 15.0. The van der Waals surface area contributed by atoms with Crippen molar-refractivity contribution in [3.05, 3.63) is 77.9 Å². The van der Waals surface area contributed by atoms with Gasteiger partial charge in [0.15, 0.2) is 5.82 Å². The number of rotatable bonds is 10. The molecule has 11 heteroatoms. The molecule has 2 aromatic carbocycles. The van der Waals surface area contributed by atoms with Crippen LogP contribution in [-0.4, -0.2) is 71.5 Å². The third kappa shape index (κ3) is 5.23. The molecule has 2 N–H and O–H groups in total. The van der Waals surface area contributed by atoms with Crippen molar-refractivity contribution in [2.24, 2.45) is 13.0 Å². The number of carbonyl (C=O) groups is 2. The molecule has 1 aliphatic heterocycles. The Balaban J connectivity index is 1.26. The second-order valence-corrected chi connectivity index (χ2v) is 11.8. The molecule has 5 aromatic rings. The highest BCUT2D eigenvalue weighted by Crippen LogP contribution is 2.38. The first-order chi connectivity index (χ1) is 21.4. The number of para-hydroxylation sites is 1. The fourth-order valence-corrected chi connectivity index (χ4v) is 6.31. The molecule has 0 saturated heterocycles. The number of aromatic nitrogens is 5. The summed E-state index contributed by atoms with van der Waals surface area (Å²) >= 11 is 0. The van der Waals surface area contributed by atoms with E-state index in [1.54, 1.807) is 6.20 Å². The molecular formula is C33H34FN7O3. The number of carboxylic acid groups (broad SMARTS) is 1. The molecule has 1 fully saturated rings. The first kappa shape index (κ1) is 27.9. The average Bonchev–Trinajstić information content (AvgIpc) is 3.38. The monoisotopic (exact) mass is 595 g/mol. The number of nitrogens with one attached hydrogen (secondary N) is 1. The summed E-state index contributed by atoms with van der Waals surface area (Å²) in [6, 6.07) is 11.5. The fourth-order valence-electron chi connectivity index (χ4n) is 6.31. The fraction of sp³-hybridized carbons (Fsp3) is 0.333. The van der Waals surface area contributed by atoms with Crippen LogP contribution in [0.3, 0.4) is 0 Å². The van der Waals surface area contributed by atoms with Crippen LogP contribution in [0.1, 0.15) is 34.3 Å². The van der Waals surface area contributed by atoms with Crippen LogP contribution in [-0.2, 0) is 26.6 Å². The van der Waals surface area contributed by atoms with Gasteiger partial charge in [-0.25, -0.2) is 19.2 Å². The molecule has 44 heavy (non-hydrogen) atoms. The Labute approximate surface area is 253 Å². The first-order valence-corrected chi connectivity index (χ1v) is 15.0. The molecule has 7 rings (SSSR count). The van der Waals surface area contributed by atoms with Crippen molar-refractivity contribution in [2.75, 3.05) is 19.8 Å². The summed E-state index contributed by atoms with van der Waals surface area (Å²) in [5.74, 6) is 1.24. The number of allylic oxidation sites excluding steroid dienone is 1. The topological polar surface area (TPSA) is 110 Å². The molecule has 2 aliphatic rings. The van der Waals surface area contributed by atoms with E-state index in [0.29, 0.717) is 30.0 Å². The number of benzene rings is 2. The Morgan fingerprint density at radius 2 is 2.11 bits per heavy atom. The number of imidazole rings is 2. The van der Waals surface area contributed by atoms with Crippen LogP contribution >= 0.6 is 0 Å². The SMILES string of the molecule is Cn1c(-c2cc3cccc(/C=C/Cn4ccnc4)c3n2CC2CC2)nc2cc3c(cc21)CCN(C[C@@H](CF)NC(=O)O)C3=O. The van der Waals surface area contributed by atoms with Crippen LogP contribution in [0.2, 0.25) is 0 Å². The van der Waals surface area contributed by atoms with E-state index in [4.69, 9.17) is 10.1 Å². The Hall–Kier alpha value is -4.93. The molecule has 2 amide bonds. The maximum Gasteiger partial charge on any atom is 0.405 e. The van der Waals surface area contributed by atoms with Gasteiger partial charge in [0.25, 0.3) is 5.91 Å². The second-order valence-electron chi connectivity index (χ2n) is 11.8. The predicted molar refractivity (Wildman–Crippen MR) is 166 cm³/mol. The number of alkyl halides is 1. The normalized spacial score (nSPS) is 15.9. The standard InChI is InChI=1S/C33H34FN7O3/c1-38-28-14-23-9-12-40(19-25(17-34)36-33(43)44)32(42)26(23)16-27(28)37-31(38)29-15-24-5-2-4-22(6-3-11-39-13-10-35-20-39)30(24)41(29)18-21-7-8-21/h2-6,10,13-16,20-21,25,36H,7-9,11-12,17-19H2,1H3,(H,43,44)/b6-3+/t25-/m1/s1. The van der Waals surface area contributed by atoms with Crippen molar-refractivity contribution in [2.45, 2.75) is 38.4 Å². The maximum atomic E-state index is 13.5. The van der Waals surface area contributed by atoms with E-state index >= 15 is 0 Å². The zero-order valence-electron chi connectivity index (χ0n) is 24.5. The van der Waals surface area contributed by atoms with E-state index in [0.717, 1.165) is 46.6 Å². The number of hydrogen-bond donors (Lipinski definition) is 2. The Bertz CT molecular complexity index is 1900. The Morgan fingerprint density at radius 1 is 1.25 bits per heavy atom. The van der Waals surface area contributed by atoms with Gasteiger partial charge in [-0.3, -0.25) is 4.79 Å². The number of carbonyl (C=O) groups excluding carboxylic acids is 1. The van der Waals surface area contributed by atoms with E-state index in [1.807, 2.05) is 36.3 Å². The number of amides is 2. The molecule has 226 valence electrons. The van der Waals surface area contributed by atoms with E-state index in [-0.39, 0.29) is 12.5 Å². The highest BCUT2D eigenvalue weighted by atomic mass is 19.1. The average molecular weight is 596 g/mol. The molecular weight excluding hydrogens is 561 g/mol. The van der Waals surface area contributed by atoms with Crippen molar-refractivity contribution in [1.82, 2.24) is 33.9 Å². The van der Waals surface area contributed by atoms with Gasteiger partial charge in [-0.2, -0.15) is 0 Å². The van der Waals surface area contributed by atoms with Gasteiger partial charge in [-0.1, -0.05) is 30.4 Å². The molecule has 4 heterocycles. The lowest BCUT2D eigenvalue weighted by atomic mass is 9.97. The minimum absolute atomic E-state index is 0.0209. The third-order valence-electron chi connectivity index (χ3n) is 8.72. The summed E-state index contributed by atoms with van der Waals surface area (Å²) in [7, 11) is 2.02. The summed E-state index contributed by atoms with van der Waals surface area (Å²) in [5, 5.41) is 12.3. The molecule has 0 bridgehead atoms. The van der Waals surface area contributed by atoms with Crippen LogP contribution in [0.5, 0.6) is 0 Å². The van der Waals surface area contributed by atoms with Gasteiger partial charge >= 0.3 is 6.09 Å². The highest BCUT2D eigenvalue weighted by molar-refractivity contribution is 6.01. The molecule has 1 aliphatic carbocycles. The van der Waals surface area contributed by atoms with Crippen molar-refractivity contribution < 1.29 is 19.1 Å². The minimum atomic E-state index is -1.31. The summed E-state index contributed by atoms with van der Waals surface area (Å²) in [6.07, 6.45) is 11.6. The second kappa shape index (κ2) is 11.3. The molecule has 0 spiro atoms. The molecule has 0 unspecified atom stereocenters. The summed E-state index contributed by atoms with van der Waals surface area (Å²) < 4.78 is 20.0. The van der Waals surface area contributed by atoms with Crippen LogP contribution in [0.25, 0.3) is 39.5 Å². The highest BCUT2D eigenvalue weighted by Gasteiger charge is 2.30. The number of fused-ring (bicyclic) bond motifs is 3. The Kier molecular flexibility index (Phi) is 7.15. The van der Waals surface area contributed by atoms with Gasteiger partial charge in [-0.05, 0) is 54.5 Å². The summed E-state index contributed by atoms with van der Waals surface area (Å²) in [5.41, 5.74) is 6.48. The number of halogens is 1. The van der Waals surface area contributed by atoms with Crippen molar-refractivity contribution in [1.29, 1.82) is 0 Å². The van der Waals surface area contributed by atoms with Crippen molar-refractivity contribution in [3.8, 4) is 11.5 Å². The zero-order valence-corrected chi connectivity index (χ0v) is 24.5. The zero-order chi connectivity index (χ0) is 30.4. The van der Waals surface area contributed by atoms with E-state index in [2.05, 4.69) is 55.9 Å². The molecule has 0 radical (unpaired) electrons. The van der Waals surface area contributed by atoms with Gasteiger partial charge in [0.05, 0.1) is 34.6 Å². The van der Waals surface area contributed by atoms with Crippen LogP contribution in [0.15, 0.2) is 61.2 Å². The van der Waals surface area contributed by atoms with Crippen LogP contribution in [0, 0.1) is 5.92 Å². The molecule has 1 saturated carbocycles. The van der Waals surface area contributed by atoms with Crippen molar-refractivity contribution in [3.63, 3.8) is 0 Å². The van der Waals surface area contributed by atoms with E-state index < -0.39 is 18.8 Å². The van der Waals surface area contributed by atoms with Gasteiger partial charge in [0.1, 0.15) is 6.67 Å². The number of nitrogens with zero attached hydrogens (tertiary/aromatic N) is 6. The lowest BCUT2D eigenvalue weighted by molar-refractivity contribution is 0.0714. The van der Waals surface area contributed by atoms with Gasteiger partial charge < -0.3 is 29.0 Å². The summed E-state index contributed by atoms with van der Waals surface area (Å²) in [4.78, 5) is 35.2. The Morgan fingerprint density at radius 3 is 2.86 bits per heavy atom. The van der Waals surface area contributed by atoms with Crippen molar-refractivity contribution >= 4 is 40.0 Å². The number of aryl methyl sites for hydroxylation is 1. The smallest absolute Gasteiger partial charge is 0.405 e.